The lowest BCUT2D eigenvalue weighted by Crippen LogP contribution is -2.38. The third kappa shape index (κ3) is 6.14. The molecule has 0 heterocycles. The van der Waals surface area contributed by atoms with Crippen LogP contribution in [0.25, 0.3) is 0 Å². The number of amides is 1. The van der Waals surface area contributed by atoms with Crippen LogP contribution < -0.4 is 0 Å². The van der Waals surface area contributed by atoms with Crippen molar-refractivity contribution >= 4 is 5.91 Å². The van der Waals surface area contributed by atoms with E-state index >= 15 is 0 Å². The van der Waals surface area contributed by atoms with Crippen LogP contribution in [0.2, 0.25) is 0 Å². The molecule has 0 N–H and O–H groups in total. The molecule has 1 unspecified atom stereocenters. The molecular formula is C14H29NO. The quantitative estimate of drug-likeness (QED) is 0.545. The number of rotatable bonds is 9. The molecule has 16 heavy (non-hydrogen) atoms. The Labute approximate surface area is 101 Å². The van der Waals surface area contributed by atoms with E-state index in [1.807, 2.05) is 0 Å². The van der Waals surface area contributed by atoms with Gasteiger partial charge < -0.3 is 4.90 Å². The van der Waals surface area contributed by atoms with Crippen LogP contribution in [-0.2, 0) is 4.79 Å². The molecular weight excluding hydrogens is 198 g/mol. The fourth-order valence-corrected chi connectivity index (χ4v) is 1.90. The number of carbonyl (C=O) groups is 1. The zero-order valence-corrected chi connectivity index (χ0v) is 11.6. The van der Waals surface area contributed by atoms with Crippen molar-refractivity contribution in [1.82, 2.24) is 4.90 Å². The zero-order chi connectivity index (χ0) is 12.4. The molecule has 0 fully saturated rings. The van der Waals surface area contributed by atoms with Gasteiger partial charge in [-0.1, -0.05) is 40.0 Å². The lowest BCUT2D eigenvalue weighted by Gasteiger charge is -2.28. The van der Waals surface area contributed by atoms with Gasteiger partial charge in [0.1, 0.15) is 0 Å². The van der Waals surface area contributed by atoms with Gasteiger partial charge in [0.05, 0.1) is 0 Å². The predicted octanol–water partition coefficient (Wildman–Crippen LogP) is 3.99. The molecule has 0 rings (SSSR count). The van der Waals surface area contributed by atoms with Crippen LogP contribution in [0.3, 0.4) is 0 Å². The Hall–Kier alpha value is -0.530. The van der Waals surface area contributed by atoms with Gasteiger partial charge in [0.25, 0.3) is 0 Å². The Bertz CT molecular complexity index is 180. The molecule has 0 aromatic heterocycles. The fourth-order valence-electron chi connectivity index (χ4n) is 1.90. The third-order valence-corrected chi connectivity index (χ3v) is 3.15. The minimum atomic E-state index is 0.354. The summed E-state index contributed by atoms with van der Waals surface area (Å²) in [4.78, 5) is 14.1. The summed E-state index contributed by atoms with van der Waals surface area (Å²) in [5.74, 6) is 0.354. The van der Waals surface area contributed by atoms with Gasteiger partial charge in [0.15, 0.2) is 0 Å². The second kappa shape index (κ2) is 9.68. The van der Waals surface area contributed by atoms with E-state index in [2.05, 4.69) is 32.6 Å². The van der Waals surface area contributed by atoms with Crippen molar-refractivity contribution in [2.45, 2.75) is 78.7 Å². The van der Waals surface area contributed by atoms with Crippen LogP contribution >= 0.6 is 0 Å². The van der Waals surface area contributed by atoms with E-state index in [1.165, 1.54) is 19.3 Å². The SMILES string of the molecule is CCCCCCC(=O)N(CCC)C(C)CC. The van der Waals surface area contributed by atoms with Crippen LogP contribution in [0, 0.1) is 0 Å². The first-order valence-corrected chi connectivity index (χ1v) is 6.96. The van der Waals surface area contributed by atoms with Crippen molar-refractivity contribution in [1.29, 1.82) is 0 Å². The average Bonchev–Trinajstić information content (AvgIpc) is 2.30. The topological polar surface area (TPSA) is 20.3 Å². The summed E-state index contributed by atoms with van der Waals surface area (Å²) in [6.45, 7) is 9.56. The van der Waals surface area contributed by atoms with Crippen LogP contribution in [-0.4, -0.2) is 23.4 Å². The number of hydrogen-bond donors (Lipinski definition) is 0. The smallest absolute Gasteiger partial charge is 0.222 e. The lowest BCUT2D eigenvalue weighted by molar-refractivity contribution is -0.133. The van der Waals surface area contributed by atoms with Crippen LogP contribution in [0.4, 0.5) is 0 Å². The standard InChI is InChI=1S/C14H29NO/c1-5-8-9-10-11-14(16)15(12-6-2)13(4)7-3/h13H,5-12H2,1-4H3. The Morgan fingerprint density at radius 1 is 1.06 bits per heavy atom. The second-order valence-corrected chi connectivity index (χ2v) is 4.66. The van der Waals surface area contributed by atoms with Gasteiger partial charge in [-0.2, -0.15) is 0 Å². The van der Waals surface area contributed by atoms with Gasteiger partial charge in [-0.15, -0.1) is 0 Å². The maximum atomic E-state index is 12.0. The van der Waals surface area contributed by atoms with Gasteiger partial charge >= 0.3 is 0 Å². The molecule has 0 aliphatic heterocycles. The molecule has 1 atom stereocenters. The monoisotopic (exact) mass is 227 g/mol. The van der Waals surface area contributed by atoms with E-state index in [0.717, 1.165) is 32.2 Å². The summed E-state index contributed by atoms with van der Waals surface area (Å²) < 4.78 is 0. The van der Waals surface area contributed by atoms with Gasteiger partial charge in [-0.25, -0.2) is 0 Å². The van der Waals surface area contributed by atoms with Crippen molar-refractivity contribution in [3.63, 3.8) is 0 Å². The summed E-state index contributed by atoms with van der Waals surface area (Å²) in [6, 6.07) is 0.402. The summed E-state index contributed by atoms with van der Waals surface area (Å²) >= 11 is 0. The highest BCUT2D eigenvalue weighted by Crippen LogP contribution is 2.10. The summed E-state index contributed by atoms with van der Waals surface area (Å²) in [5, 5.41) is 0. The number of unbranched alkanes of at least 4 members (excludes halogenated alkanes) is 3. The Balaban J connectivity index is 3.96. The molecule has 0 spiro atoms. The number of hydrogen-bond acceptors (Lipinski definition) is 1. The molecule has 0 bridgehead atoms. The molecule has 2 nitrogen and oxygen atoms in total. The molecule has 1 amide bonds. The largest absolute Gasteiger partial charge is 0.340 e. The maximum Gasteiger partial charge on any atom is 0.222 e. The first kappa shape index (κ1) is 15.5. The van der Waals surface area contributed by atoms with E-state index in [9.17, 15) is 4.79 Å². The fraction of sp³-hybridized carbons (Fsp3) is 0.929. The second-order valence-electron chi connectivity index (χ2n) is 4.66. The minimum absolute atomic E-state index is 0.354. The molecule has 2 heteroatoms. The molecule has 0 radical (unpaired) electrons. The highest BCUT2D eigenvalue weighted by atomic mass is 16.2. The molecule has 0 aromatic carbocycles. The zero-order valence-electron chi connectivity index (χ0n) is 11.6. The number of nitrogens with zero attached hydrogens (tertiary/aromatic N) is 1. The van der Waals surface area contributed by atoms with E-state index < -0.39 is 0 Å². The van der Waals surface area contributed by atoms with Crippen molar-refractivity contribution in [2.75, 3.05) is 6.54 Å². The Morgan fingerprint density at radius 2 is 1.75 bits per heavy atom. The van der Waals surface area contributed by atoms with E-state index in [0.29, 0.717) is 11.9 Å². The number of carbonyl (C=O) groups excluding carboxylic acids is 1. The van der Waals surface area contributed by atoms with E-state index in [1.54, 1.807) is 0 Å². The van der Waals surface area contributed by atoms with Gasteiger partial charge in [-0.3, -0.25) is 4.79 Å². The summed E-state index contributed by atoms with van der Waals surface area (Å²) in [7, 11) is 0. The molecule has 96 valence electrons. The Kier molecular flexibility index (Phi) is 9.36. The normalized spacial score (nSPS) is 12.5. The first-order chi connectivity index (χ1) is 7.67. The summed E-state index contributed by atoms with van der Waals surface area (Å²) in [5.41, 5.74) is 0. The lowest BCUT2D eigenvalue weighted by atomic mass is 10.1. The molecule has 0 saturated heterocycles. The van der Waals surface area contributed by atoms with E-state index in [-0.39, 0.29) is 0 Å². The van der Waals surface area contributed by atoms with Gasteiger partial charge in [-0.05, 0) is 26.2 Å². The highest BCUT2D eigenvalue weighted by molar-refractivity contribution is 5.76. The third-order valence-electron chi connectivity index (χ3n) is 3.15. The predicted molar refractivity (Wildman–Crippen MR) is 70.5 cm³/mol. The van der Waals surface area contributed by atoms with Crippen molar-refractivity contribution in [3.8, 4) is 0 Å². The van der Waals surface area contributed by atoms with Crippen molar-refractivity contribution in [3.05, 3.63) is 0 Å². The van der Waals surface area contributed by atoms with Crippen LogP contribution in [0.1, 0.15) is 72.6 Å². The van der Waals surface area contributed by atoms with Crippen LogP contribution in [0.5, 0.6) is 0 Å². The Morgan fingerprint density at radius 3 is 2.25 bits per heavy atom. The van der Waals surface area contributed by atoms with Crippen LogP contribution in [0.15, 0.2) is 0 Å². The molecule has 0 saturated carbocycles. The molecule has 0 aliphatic carbocycles. The molecule has 0 aromatic rings. The van der Waals surface area contributed by atoms with E-state index in [4.69, 9.17) is 0 Å². The van der Waals surface area contributed by atoms with Crippen molar-refractivity contribution < 1.29 is 4.79 Å². The van der Waals surface area contributed by atoms with Crippen molar-refractivity contribution in [2.24, 2.45) is 0 Å². The van der Waals surface area contributed by atoms with Gasteiger partial charge in [0, 0.05) is 19.0 Å². The average molecular weight is 227 g/mol. The maximum absolute atomic E-state index is 12.0. The first-order valence-electron chi connectivity index (χ1n) is 6.96. The minimum Gasteiger partial charge on any atom is -0.340 e. The summed E-state index contributed by atoms with van der Waals surface area (Å²) in [6.07, 6.45) is 7.60. The van der Waals surface area contributed by atoms with Gasteiger partial charge in [0.2, 0.25) is 5.91 Å². The highest BCUT2D eigenvalue weighted by Gasteiger charge is 2.16. The molecule has 0 aliphatic rings.